The number of hydrogen-bond acceptors (Lipinski definition) is 2. The molecule has 3 aromatic rings. The van der Waals surface area contributed by atoms with Crippen LogP contribution in [-0.2, 0) is 6.54 Å². The molecule has 0 aliphatic heterocycles. The molecule has 0 saturated heterocycles. The van der Waals surface area contributed by atoms with Gasteiger partial charge in [0.05, 0.1) is 0 Å². The maximum Gasteiger partial charge on any atom is 0.267 e. The predicted molar refractivity (Wildman–Crippen MR) is 82.7 cm³/mol. The Kier molecular flexibility index (Phi) is 3.47. The van der Waals surface area contributed by atoms with Crippen LogP contribution in [0.2, 0.25) is 5.02 Å². The van der Waals surface area contributed by atoms with Crippen molar-refractivity contribution in [2.24, 2.45) is 0 Å². The molecule has 0 fully saturated rings. The maximum atomic E-state index is 12.2. The van der Waals surface area contributed by atoms with Crippen molar-refractivity contribution in [1.29, 1.82) is 0 Å². The molecule has 4 nitrogen and oxygen atoms in total. The van der Waals surface area contributed by atoms with E-state index in [1.165, 1.54) is 0 Å². The van der Waals surface area contributed by atoms with E-state index < -0.39 is 0 Å². The number of nitrogens with one attached hydrogen (secondary N) is 2. The third-order valence-electron chi connectivity index (χ3n) is 3.41. The highest BCUT2D eigenvalue weighted by Gasteiger charge is 2.11. The molecule has 3 rings (SSSR count). The number of rotatable bonds is 3. The molecule has 21 heavy (non-hydrogen) atoms. The van der Waals surface area contributed by atoms with E-state index in [0.717, 1.165) is 28.0 Å². The Bertz CT molecular complexity index is 817. The molecule has 0 unspecified atom stereocenters. The van der Waals surface area contributed by atoms with Crippen LogP contribution in [0.1, 0.15) is 27.6 Å². The summed E-state index contributed by atoms with van der Waals surface area (Å²) >= 11 is 5.94. The van der Waals surface area contributed by atoms with Crippen molar-refractivity contribution >= 4 is 28.4 Å². The van der Waals surface area contributed by atoms with Gasteiger partial charge in [0, 0.05) is 28.0 Å². The summed E-state index contributed by atoms with van der Waals surface area (Å²) in [5, 5.41) is 4.48. The van der Waals surface area contributed by atoms with Gasteiger partial charge in [0.1, 0.15) is 17.2 Å². The second-order valence-corrected chi connectivity index (χ2v) is 5.47. The number of benzene rings is 1. The van der Waals surface area contributed by atoms with Crippen molar-refractivity contribution in [2.75, 3.05) is 0 Å². The molecule has 108 valence electrons. The summed E-state index contributed by atoms with van der Waals surface area (Å²) in [6.45, 7) is 4.22. The summed E-state index contributed by atoms with van der Waals surface area (Å²) in [4.78, 5) is 15.3. The first-order valence-corrected chi connectivity index (χ1v) is 7.03. The first-order chi connectivity index (χ1) is 10.0. The minimum atomic E-state index is -0.152. The van der Waals surface area contributed by atoms with Gasteiger partial charge in [-0.05, 0) is 38.1 Å². The lowest BCUT2D eigenvalue weighted by molar-refractivity contribution is 0.0946. The van der Waals surface area contributed by atoms with Crippen LogP contribution >= 0.6 is 11.6 Å². The van der Waals surface area contributed by atoms with E-state index >= 15 is 0 Å². The monoisotopic (exact) mass is 302 g/mol. The average molecular weight is 303 g/mol. The fourth-order valence-electron chi connectivity index (χ4n) is 2.35. The van der Waals surface area contributed by atoms with Crippen LogP contribution in [0.3, 0.4) is 0 Å². The Balaban J connectivity index is 1.76. The van der Waals surface area contributed by atoms with Crippen molar-refractivity contribution in [3.63, 3.8) is 0 Å². The molecule has 0 aliphatic carbocycles. The van der Waals surface area contributed by atoms with Crippen LogP contribution in [0, 0.1) is 13.8 Å². The van der Waals surface area contributed by atoms with Crippen LogP contribution < -0.4 is 5.32 Å². The number of aromatic nitrogens is 1. The van der Waals surface area contributed by atoms with Crippen LogP contribution in [-0.4, -0.2) is 10.9 Å². The summed E-state index contributed by atoms with van der Waals surface area (Å²) in [6, 6.07) is 9.23. The smallest absolute Gasteiger partial charge is 0.267 e. The van der Waals surface area contributed by atoms with Gasteiger partial charge >= 0.3 is 0 Å². The number of amides is 1. The van der Waals surface area contributed by atoms with E-state index in [2.05, 4.69) is 10.3 Å². The van der Waals surface area contributed by atoms with Crippen molar-refractivity contribution in [1.82, 2.24) is 10.3 Å². The first kappa shape index (κ1) is 13.8. The number of hydrogen-bond donors (Lipinski definition) is 2. The number of carbonyl (C=O) groups excluding carboxylic acids is 1. The Morgan fingerprint density at radius 1 is 1.29 bits per heavy atom. The summed E-state index contributed by atoms with van der Waals surface area (Å²) in [5.74, 6) is 1.52. The Hall–Kier alpha value is -2.20. The standard InChI is InChI=1S/C16H15ClN2O2/c1-9-5-12(10(2)21-9)8-18-16(20)15-6-11-3-4-13(17)7-14(11)19-15/h3-7,19H,8H2,1-2H3,(H,18,20). The normalized spacial score (nSPS) is 11.0. The minimum absolute atomic E-state index is 0.152. The summed E-state index contributed by atoms with van der Waals surface area (Å²) in [6.07, 6.45) is 0. The molecule has 1 amide bonds. The quantitative estimate of drug-likeness (QED) is 0.769. The number of halogens is 1. The van der Waals surface area contributed by atoms with Gasteiger partial charge in [-0.25, -0.2) is 0 Å². The number of carbonyl (C=O) groups is 1. The fraction of sp³-hybridized carbons (Fsp3) is 0.188. The lowest BCUT2D eigenvalue weighted by Gasteiger charge is -2.02. The van der Waals surface area contributed by atoms with E-state index in [1.54, 1.807) is 12.1 Å². The highest BCUT2D eigenvalue weighted by Crippen LogP contribution is 2.20. The van der Waals surface area contributed by atoms with E-state index in [4.69, 9.17) is 16.0 Å². The van der Waals surface area contributed by atoms with Crippen molar-refractivity contribution in [3.8, 4) is 0 Å². The predicted octanol–water partition coefficient (Wildman–Crippen LogP) is 3.96. The van der Waals surface area contributed by atoms with Gasteiger partial charge in [-0.15, -0.1) is 0 Å². The molecule has 0 spiro atoms. The van der Waals surface area contributed by atoms with Crippen molar-refractivity contribution < 1.29 is 9.21 Å². The van der Waals surface area contributed by atoms with Crippen LogP contribution in [0.5, 0.6) is 0 Å². The van der Waals surface area contributed by atoms with Crippen molar-refractivity contribution in [3.05, 3.63) is 58.1 Å². The third-order valence-corrected chi connectivity index (χ3v) is 3.65. The van der Waals surface area contributed by atoms with Gasteiger partial charge in [0.25, 0.3) is 5.91 Å². The number of H-pyrrole nitrogens is 1. The van der Waals surface area contributed by atoms with Crippen molar-refractivity contribution in [2.45, 2.75) is 20.4 Å². The Morgan fingerprint density at radius 3 is 2.81 bits per heavy atom. The highest BCUT2D eigenvalue weighted by molar-refractivity contribution is 6.31. The molecular formula is C16H15ClN2O2. The molecule has 0 atom stereocenters. The van der Waals surface area contributed by atoms with Gasteiger partial charge in [-0.1, -0.05) is 17.7 Å². The lowest BCUT2D eigenvalue weighted by Crippen LogP contribution is -2.23. The molecule has 0 aliphatic rings. The van der Waals surface area contributed by atoms with E-state index in [0.29, 0.717) is 17.3 Å². The molecule has 2 N–H and O–H groups in total. The molecule has 1 aromatic carbocycles. The minimum Gasteiger partial charge on any atom is -0.466 e. The molecule has 2 heterocycles. The summed E-state index contributed by atoms with van der Waals surface area (Å²) in [5.41, 5.74) is 2.35. The summed E-state index contributed by atoms with van der Waals surface area (Å²) < 4.78 is 5.44. The zero-order valence-corrected chi connectivity index (χ0v) is 12.5. The van der Waals surface area contributed by atoms with Crippen LogP contribution in [0.15, 0.2) is 34.7 Å². The summed E-state index contributed by atoms with van der Waals surface area (Å²) in [7, 11) is 0. The second-order valence-electron chi connectivity index (χ2n) is 5.04. The lowest BCUT2D eigenvalue weighted by atomic mass is 10.2. The third kappa shape index (κ3) is 2.81. The van der Waals surface area contributed by atoms with Crippen LogP contribution in [0.25, 0.3) is 10.9 Å². The highest BCUT2D eigenvalue weighted by atomic mass is 35.5. The molecule has 0 radical (unpaired) electrons. The topological polar surface area (TPSA) is 58.0 Å². The maximum absolute atomic E-state index is 12.2. The first-order valence-electron chi connectivity index (χ1n) is 6.65. The fourth-order valence-corrected chi connectivity index (χ4v) is 2.52. The molecular weight excluding hydrogens is 288 g/mol. The zero-order chi connectivity index (χ0) is 15.0. The zero-order valence-electron chi connectivity index (χ0n) is 11.8. The SMILES string of the molecule is Cc1cc(CNC(=O)c2cc3ccc(Cl)cc3[nH]2)c(C)o1. The second kappa shape index (κ2) is 5.30. The van der Waals surface area contributed by atoms with E-state index in [1.807, 2.05) is 32.0 Å². The van der Waals surface area contributed by atoms with Gasteiger partial charge < -0.3 is 14.7 Å². The van der Waals surface area contributed by atoms with Crippen LogP contribution in [0.4, 0.5) is 0 Å². The van der Waals surface area contributed by atoms with E-state index in [-0.39, 0.29) is 5.91 Å². The van der Waals surface area contributed by atoms with E-state index in [9.17, 15) is 4.79 Å². The molecule has 0 saturated carbocycles. The Labute approximate surface area is 127 Å². The molecule has 2 aromatic heterocycles. The molecule has 5 heteroatoms. The number of furan rings is 1. The van der Waals surface area contributed by atoms with Gasteiger partial charge in [0.2, 0.25) is 0 Å². The Morgan fingerprint density at radius 2 is 2.10 bits per heavy atom. The molecule has 0 bridgehead atoms. The number of aromatic amines is 1. The number of aryl methyl sites for hydroxylation is 2. The number of fused-ring (bicyclic) bond motifs is 1. The van der Waals surface area contributed by atoms with Gasteiger partial charge in [-0.2, -0.15) is 0 Å². The largest absolute Gasteiger partial charge is 0.466 e. The van der Waals surface area contributed by atoms with Gasteiger partial charge in [0.15, 0.2) is 0 Å². The average Bonchev–Trinajstić information content (AvgIpc) is 2.98. The van der Waals surface area contributed by atoms with Gasteiger partial charge in [-0.3, -0.25) is 4.79 Å².